The smallest absolute Gasteiger partial charge is 0.312 e. The topological polar surface area (TPSA) is 84.9 Å². The lowest BCUT2D eigenvalue weighted by Crippen LogP contribution is -2.47. The molecule has 1 heterocycles. The third kappa shape index (κ3) is 5.32. The SMILES string of the molecule is CCCCN1C(=O)CC[C@H](C(=O)O[C@@H](C)C(=O)NC2CC2)[C@H]1c1ccc(OC)cc1. The number of piperidine rings is 1. The molecule has 30 heavy (non-hydrogen) atoms. The summed E-state index contributed by atoms with van der Waals surface area (Å²) in [6.07, 6.45) is 3.63. The average Bonchev–Trinajstić information content (AvgIpc) is 3.56. The van der Waals surface area contributed by atoms with Crippen molar-refractivity contribution in [2.24, 2.45) is 5.92 Å². The molecular formula is C23H32N2O5. The number of likely N-dealkylation sites (tertiary alicyclic amines) is 1. The predicted octanol–water partition coefficient (Wildman–Crippen LogP) is 2.99. The quantitative estimate of drug-likeness (QED) is 0.626. The maximum absolute atomic E-state index is 13.1. The highest BCUT2D eigenvalue weighted by atomic mass is 16.5. The Morgan fingerprint density at radius 2 is 1.90 bits per heavy atom. The summed E-state index contributed by atoms with van der Waals surface area (Å²) < 4.78 is 10.8. The van der Waals surface area contributed by atoms with Crippen LogP contribution in [0.4, 0.5) is 0 Å². The number of nitrogens with zero attached hydrogens (tertiary/aromatic N) is 1. The van der Waals surface area contributed by atoms with Crippen LogP contribution in [-0.2, 0) is 19.1 Å². The van der Waals surface area contributed by atoms with Crippen molar-refractivity contribution in [2.45, 2.75) is 70.6 Å². The van der Waals surface area contributed by atoms with Gasteiger partial charge in [-0.05, 0) is 50.3 Å². The van der Waals surface area contributed by atoms with Gasteiger partial charge in [0.15, 0.2) is 6.10 Å². The van der Waals surface area contributed by atoms with Crippen LogP contribution in [-0.4, -0.2) is 48.5 Å². The Kier molecular flexibility index (Phi) is 7.34. The summed E-state index contributed by atoms with van der Waals surface area (Å²) in [4.78, 5) is 39.8. The molecule has 2 aliphatic rings. The highest BCUT2D eigenvalue weighted by molar-refractivity contribution is 5.86. The molecule has 1 saturated carbocycles. The van der Waals surface area contributed by atoms with Crippen LogP contribution in [0.5, 0.6) is 5.75 Å². The summed E-state index contributed by atoms with van der Waals surface area (Å²) in [5.74, 6) is -0.438. The van der Waals surface area contributed by atoms with Gasteiger partial charge < -0.3 is 19.7 Å². The van der Waals surface area contributed by atoms with Gasteiger partial charge in [-0.3, -0.25) is 14.4 Å². The van der Waals surface area contributed by atoms with Crippen molar-refractivity contribution in [3.05, 3.63) is 29.8 Å². The van der Waals surface area contributed by atoms with Crippen LogP contribution < -0.4 is 10.1 Å². The van der Waals surface area contributed by atoms with E-state index in [0.29, 0.717) is 25.1 Å². The van der Waals surface area contributed by atoms with Crippen molar-refractivity contribution < 1.29 is 23.9 Å². The maximum Gasteiger partial charge on any atom is 0.312 e. The predicted molar refractivity (Wildman–Crippen MR) is 112 cm³/mol. The highest BCUT2D eigenvalue weighted by Gasteiger charge is 2.42. The van der Waals surface area contributed by atoms with Crippen molar-refractivity contribution in [1.29, 1.82) is 0 Å². The van der Waals surface area contributed by atoms with Crippen molar-refractivity contribution in [1.82, 2.24) is 10.2 Å². The monoisotopic (exact) mass is 416 g/mol. The molecule has 0 aromatic heterocycles. The van der Waals surface area contributed by atoms with Crippen molar-refractivity contribution in [2.75, 3.05) is 13.7 Å². The number of ether oxygens (including phenoxy) is 2. The van der Waals surface area contributed by atoms with Gasteiger partial charge in [0, 0.05) is 19.0 Å². The van der Waals surface area contributed by atoms with E-state index in [-0.39, 0.29) is 17.9 Å². The van der Waals surface area contributed by atoms with Crippen molar-refractivity contribution in [3.63, 3.8) is 0 Å². The molecule has 1 saturated heterocycles. The van der Waals surface area contributed by atoms with Crippen molar-refractivity contribution >= 4 is 17.8 Å². The van der Waals surface area contributed by atoms with Gasteiger partial charge >= 0.3 is 5.97 Å². The maximum atomic E-state index is 13.1. The Hall–Kier alpha value is -2.57. The van der Waals surface area contributed by atoms with Crippen LogP contribution >= 0.6 is 0 Å². The number of unbranched alkanes of at least 4 members (excludes halogenated alkanes) is 1. The molecule has 1 aromatic carbocycles. The lowest BCUT2D eigenvalue weighted by Gasteiger charge is -2.40. The van der Waals surface area contributed by atoms with Crippen molar-refractivity contribution in [3.8, 4) is 5.75 Å². The van der Waals surface area contributed by atoms with E-state index in [1.54, 1.807) is 18.9 Å². The number of carbonyl (C=O) groups is 3. The van der Waals surface area contributed by atoms with E-state index in [1.807, 2.05) is 24.3 Å². The van der Waals surface area contributed by atoms with E-state index in [0.717, 1.165) is 31.2 Å². The van der Waals surface area contributed by atoms with Gasteiger partial charge in [-0.2, -0.15) is 0 Å². The number of amides is 2. The zero-order chi connectivity index (χ0) is 21.7. The number of benzene rings is 1. The second-order valence-corrected chi connectivity index (χ2v) is 8.17. The van der Waals surface area contributed by atoms with Gasteiger partial charge in [-0.15, -0.1) is 0 Å². The molecule has 2 amide bonds. The molecule has 0 spiro atoms. The third-order valence-electron chi connectivity index (χ3n) is 5.80. The van der Waals surface area contributed by atoms with Crippen LogP contribution in [0.1, 0.15) is 64.0 Å². The molecule has 0 bridgehead atoms. The van der Waals surface area contributed by atoms with Crippen LogP contribution in [0.25, 0.3) is 0 Å². The fourth-order valence-corrected chi connectivity index (χ4v) is 3.87. The molecule has 0 radical (unpaired) electrons. The lowest BCUT2D eigenvalue weighted by molar-refractivity contribution is -0.165. The Bertz CT molecular complexity index is 759. The number of carbonyl (C=O) groups excluding carboxylic acids is 3. The third-order valence-corrected chi connectivity index (χ3v) is 5.80. The van der Waals surface area contributed by atoms with E-state index in [2.05, 4.69) is 12.2 Å². The van der Waals surface area contributed by atoms with Gasteiger partial charge in [0.05, 0.1) is 19.1 Å². The molecule has 0 unspecified atom stereocenters. The fraction of sp³-hybridized carbons (Fsp3) is 0.609. The number of esters is 1. The Labute approximate surface area is 178 Å². The standard InChI is InChI=1S/C23H32N2O5/c1-4-5-14-25-20(26)13-12-19(21(25)16-6-10-18(29-3)11-7-16)23(28)30-15(2)22(27)24-17-8-9-17/h6-7,10-11,15,17,19,21H,4-5,8-9,12-14H2,1-3H3,(H,24,27)/t15-,19-,21+/m0/s1. The summed E-state index contributed by atoms with van der Waals surface area (Å²) >= 11 is 0. The molecule has 1 aliphatic heterocycles. The number of nitrogens with one attached hydrogen (secondary N) is 1. The van der Waals surface area contributed by atoms with E-state index < -0.39 is 24.0 Å². The second kappa shape index (κ2) is 9.96. The van der Waals surface area contributed by atoms with E-state index in [9.17, 15) is 14.4 Å². The molecule has 1 aromatic rings. The fourth-order valence-electron chi connectivity index (χ4n) is 3.87. The second-order valence-electron chi connectivity index (χ2n) is 8.17. The number of methoxy groups -OCH3 is 1. The van der Waals surface area contributed by atoms with E-state index in [4.69, 9.17) is 9.47 Å². The first kappa shape index (κ1) is 22.1. The zero-order valence-electron chi connectivity index (χ0n) is 18.1. The largest absolute Gasteiger partial charge is 0.497 e. The zero-order valence-corrected chi connectivity index (χ0v) is 18.1. The molecule has 164 valence electrons. The number of hydrogen-bond acceptors (Lipinski definition) is 5. The molecule has 7 nitrogen and oxygen atoms in total. The van der Waals surface area contributed by atoms with E-state index in [1.165, 1.54) is 0 Å². The normalized spacial score (nSPS) is 22.4. The Morgan fingerprint density at radius 1 is 1.20 bits per heavy atom. The highest BCUT2D eigenvalue weighted by Crippen LogP contribution is 2.38. The van der Waals surface area contributed by atoms with Crippen LogP contribution in [0, 0.1) is 5.92 Å². The minimum Gasteiger partial charge on any atom is -0.497 e. The molecule has 2 fully saturated rings. The average molecular weight is 417 g/mol. The molecule has 1 aliphatic carbocycles. The summed E-state index contributed by atoms with van der Waals surface area (Å²) in [5, 5.41) is 2.87. The Balaban J connectivity index is 1.80. The summed E-state index contributed by atoms with van der Waals surface area (Å²) in [7, 11) is 1.60. The summed E-state index contributed by atoms with van der Waals surface area (Å²) in [6.45, 7) is 4.26. The van der Waals surface area contributed by atoms with E-state index >= 15 is 0 Å². The molecular weight excluding hydrogens is 384 g/mol. The van der Waals surface area contributed by atoms with Crippen LogP contribution in [0.15, 0.2) is 24.3 Å². The van der Waals surface area contributed by atoms with Crippen LogP contribution in [0.2, 0.25) is 0 Å². The number of rotatable bonds is 9. The minimum absolute atomic E-state index is 0.0489. The van der Waals surface area contributed by atoms with Gasteiger partial charge in [0.25, 0.3) is 5.91 Å². The van der Waals surface area contributed by atoms with Gasteiger partial charge in [0.2, 0.25) is 5.91 Å². The molecule has 3 atom stereocenters. The first-order chi connectivity index (χ1) is 14.4. The summed E-state index contributed by atoms with van der Waals surface area (Å²) in [5.41, 5.74) is 0.872. The van der Waals surface area contributed by atoms with Gasteiger partial charge in [-0.25, -0.2) is 0 Å². The summed E-state index contributed by atoms with van der Waals surface area (Å²) in [6, 6.07) is 7.26. The van der Waals surface area contributed by atoms with Gasteiger partial charge in [0.1, 0.15) is 5.75 Å². The number of hydrogen-bond donors (Lipinski definition) is 1. The first-order valence-corrected chi connectivity index (χ1v) is 10.9. The first-order valence-electron chi connectivity index (χ1n) is 10.9. The Morgan fingerprint density at radius 3 is 2.50 bits per heavy atom. The minimum atomic E-state index is -0.851. The van der Waals surface area contributed by atoms with Gasteiger partial charge in [-0.1, -0.05) is 25.5 Å². The lowest BCUT2D eigenvalue weighted by atomic mass is 9.84. The molecule has 1 N–H and O–H groups in total. The van der Waals surface area contributed by atoms with Crippen LogP contribution in [0.3, 0.4) is 0 Å². The molecule has 3 rings (SSSR count). The molecule has 7 heteroatoms.